The van der Waals surface area contributed by atoms with E-state index in [-0.39, 0.29) is 0 Å². The summed E-state index contributed by atoms with van der Waals surface area (Å²) >= 11 is 0. The molecule has 2 rings (SSSR count). The quantitative estimate of drug-likeness (QED) is 0.876. The van der Waals surface area contributed by atoms with Gasteiger partial charge in [-0.1, -0.05) is 13.8 Å². The number of aromatic nitrogens is 2. The summed E-state index contributed by atoms with van der Waals surface area (Å²) in [5, 5.41) is 8.00. The van der Waals surface area contributed by atoms with E-state index in [1.807, 2.05) is 11.7 Å². The van der Waals surface area contributed by atoms with Crippen LogP contribution in [0.5, 0.6) is 0 Å². The highest BCUT2D eigenvalue weighted by Gasteiger charge is 2.24. The van der Waals surface area contributed by atoms with Gasteiger partial charge in [-0.2, -0.15) is 5.10 Å². The Kier molecular flexibility index (Phi) is 4.82. The third-order valence-corrected chi connectivity index (χ3v) is 3.76. The van der Waals surface area contributed by atoms with Crippen LogP contribution in [0.3, 0.4) is 0 Å². The maximum absolute atomic E-state index is 5.76. The van der Waals surface area contributed by atoms with E-state index in [4.69, 9.17) is 4.74 Å². The van der Waals surface area contributed by atoms with Crippen molar-refractivity contribution in [2.75, 3.05) is 31.1 Å². The van der Waals surface area contributed by atoms with Crippen molar-refractivity contribution in [3.63, 3.8) is 0 Å². The van der Waals surface area contributed by atoms with Crippen molar-refractivity contribution in [2.45, 2.75) is 39.8 Å². The topological polar surface area (TPSA) is 42.3 Å². The molecule has 0 saturated carbocycles. The molecule has 19 heavy (non-hydrogen) atoms. The van der Waals surface area contributed by atoms with Gasteiger partial charge in [-0.25, -0.2) is 0 Å². The average molecular weight is 266 g/mol. The van der Waals surface area contributed by atoms with Crippen molar-refractivity contribution in [3.05, 3.63) is 11.3 Å². The van der Waals surface area contributed by atoms with Crippen molar-refractivity contribution in [2.24, 2.45) is 7.05 Å². The Hall–Kier alpha value is -1.07. The van der Waals surface area contributed by atoms with Crippen LogP contribution in [0.15, 0.2) is 0 Å². The molecule has 0 aromatic carbocycles. The van der Waals surface area contributed by atoms with Crippen molar-refractivity contribution in [3.8, 4) is 0 Å². The molecule has 1 aromatic heterocycles. The summed E-state index contributed by atoms with van der Waals surface area (Å²) in [6.45, 7) is 11.0. The highest BCUT2D eigenvalue weighted by molar-refractivity contribution is 5.50. The SMILES string of the molecule is CCNCc1c(C)nn(C)c1N1CCOC(CC)C1. The molecule has 5 nitrogen and oxygen atoms in total. The van der Waals surface area contributed by atoms with Crippen molar-refractivity contribution >= 4 is 5.82 Å². The molecule has 0 aliphatic carbocycles. The summed E-state index contributed by atoms with van der Waals surface area (Å²) in [5.41, 5.74) is 2.44. The molecule has 0 spiro atoms. The van der Waals surface area contributed by atoms with Gasteiger partial charge in [-0.15, -0.1) is 0 Å². The van der Waals surface area contributed by atoms with Gasteiger partial charge >= 0.3 is 0 Å². The molecule has 0 bridgehead atoms. The molecule has 1 aliphatic heterocycles. The minimum Gasteiger partial charge on any atom is -0.375 e. The van der Waals surface area contributed by atoms with E-state index in [1.54, 1.807) is 0 Å². The van der Waals surface area contributed by atoms with Crippen LogP contribution in [0.2, 0.25) is 0 Å². The third kappa shape index (κ3) is 3.09. The summed E-state index contributed by atoms with van der Waals surface area (Å²) in [4.78, 5) is 2.42. The van der Waals surface area contributed by atoms with Crippen LogP contribution >= 0.6 is 0 Å². The Balaban J connectivity index is 2.22. The fraction of sp³-hybridized carbons (Fsp3) is 0.786. The van der Waals surface area contributed by atoms with Crippen LogP contribution < -0.4 is 10.2 Å². The number of rotatable bonds is 5. The summed E-state index contributed by atoms with van der Waals surface area (Å²) in [6.07, 6.45) is 1.41. The van der Waals surface area contributed by atoms with E-state index in [1.165, 1.54) is 11.4 Å². The first-order valence-corrected chi connectivity index (χ1v) is 7.27. The summed E-state index contributed by atoms with van der Waals surface area (Å²) in [5.74, 6) is 1.25. The first-order valence-electron chi connectivity index (χ1n) is 7.27. The second-order valence-corrected chi connectivity index (χ2v) is 5.14. The molecular weight excluding hydrogens is 240 g/mol. The standard InChI is InChI=1S/C14H26N4O/c1-5-12-10-18(7-8-19-12)14-13(9-15-6-2)11(3)16-17(14)4/h12,15H,5-10H2,1-4H3. The molecule has 1 atom stereocenters. The monoisotopic (exact) mass is 266 g/mol. The lowest BCUT2D eigenvalue weighted by Gasteiger charge is -2.34. The number of nitrogens with zero attached hydrogens (tertiary/aromatic N) is 3. The molecule has 108 valence electrons. The maximum atomic E-state index is 5.76. The Morgan fingerprint density at radius 3 is 2.89 bits per heavy atom. The van der Waals surface area contributed by atoms with Gasteiger partial charge < -0.3 is 15.0 Å². The summed E-state index contributed by atoms with van der Waals surface area (Å²) in [6, 6.07) is 0. The van der Waals surface area contributed by atoms with Gasteiger partial charge in [0.25, 0.3) is 0 Å². The molecule has 1 saturated heterocycles. The molecule has 5 heteroatoms. The zero-order chi connectivity index (χ0) is 13.8. The largest absolute Gasteiger partial charge is 0.375 e. The smallest absolute Gasteiger partial charge is 0.131 e. The number of nitrogens with one attached hydrogen (secondary N) is 1. The lowest BCUT2D eigenvalue weighted by Crippen LogP contribution is -2.43. The fourth-order valence-corrected chi connectivity index (χ4v) is 2.70. The molecule has 0 amide bonds. The van der Waals surface area contributed by atoms with Crippen molar-refractivity contribution in [1.82, 2.24) is 15.1 Å². The van der Waals surface area contributed by atoms with E-state index in [0.29, 0.717) is 6.10 Å². The third-order valence-electron chi connectivity index (χ3n) is 3.76. The van der Waals surface area contributed by atoms with Crippen molar-refractivity contribution in [1.29, 1.82) is 0 Å². The molecule has 1 N–H and O–H groups in total. The predicted octanol–water partition coefficient (Wildman–Crippen LogP) is 1.45. The minimum atomic E-state index is 0.343. The minimum absolute atomic E-state index is 0.343. The van der Waals surface area contributed by atoms with Gasteiger partial charge in [0.1, 0.15) is 5.82 Å². The average Bonchev–Trinajstić information content (AvgIpc) is 2.70. The molecule has 1 aromatic rings. The van der Waals surface area contributed by atoms with Crippen LogP contribution in [0.4, 0.5) is 5.82 Å². The molecule has 1 fully saturated rings. The fourth-order valence-electron chi connectivity index (χ4n) is 2.70. The number of aryl methyl sites for hydroxylation is 2. The maximum Gasteiger partial charge on any atom is 0.131 e. The summed E-state index contributed by atoms with van der Waals surface area (Å²) in [7, 11) is 2.04. The van der Waals surface area contributed by atoms with Gasteiger partial charge in [0.15, 0.2) is 0 Å². The van der Waals surface area contributed by atoms with Crippen LogP contribution in [-0.2, 0) is 18.3 Å². The Bertz CT molecular complexity index is 416. The molecular formula is C14H26N4O. The zero-order valence-electron chi connectivity index (χ0n) is 12.6. The van der Waals surface area contributed by atoms with E-state index < -0.39 is 0 Å². The molecule has 0 radical (unpaired) electrons. The number of anilines is 1. The lowest BCUT2D eigenvalue weighted by molar-refractivity contribution is 0.0379. The van der Waals surface area contributed by atoms with Gasteiger partial charge in [0.2, 0.25) is 0 Å². The van der Waals surface area contributed by atoms with Gasteiger partial charge in [-0.05, 0) is 19.9 Å². The predicted molar refractivity (Wildman–Crippen MR) is 77.6 cm³/mol. The Labute approximate surface area is 115 Å². The lowest BCUT2D eigenvalue weighted by atomic mass is 10.2. The molecule has 1 aliphatic rings. The second kappa shape index (κ2) is 6.39. The second-order valence-electron chi connectivity index (χ2n) is 5.14. The highest BCUT2D eigenvalue weighted by atomic mass is 16.5. The van der Waals surface area contributed by atoms with Gasteiger partial charge in [-0.3, -0.25) is 4.68 Å². The van der Waals surface area contributed by atoms with Crippen LogP contribution in [-0.4, -0.2) is 42.1 Å². The first-order chi connectivity index (χ1) is 9.17. The number of ether oxygens (including phenoxy) is 1. The van der Waals surface area contributed by atoms with Gasteiger partial charge in [0, 0.05) is 32.2 Å². The number of hydrogen-bond donors (Lipinski definition) is 1. The van der Waals surface area contributed by atoms with E-state index in [2.05, 4.69) is 36.1 Å². The summed E-state index contributed by atoms with van der Waals surface area (Å²) < 4.78 is 7.77. The normalized spacial score (nSPS) is 20.0. The van der Waals surface area contributed by atoms with Crippen LogP contribution in [0.1, 0.15) is 31.5 Å². The van der Waals surface area contributed by atoms with Gasteiger partial charge in [0.05, 0.1) is 18.4 Å². The van der Waals surface area contributed by atoms with Crippen LogP contribution in [0.25, 0.3) is 0 Å². The van der Waals surface area contributed by atoms with E-state index in [9.17, 15) is 0 Å². The zero-order valence-corrected chi connectivity index (χ0v) is 12.6. The van der Waals surface area contributed by atoms with Crippen molar-refractivity contribution < 1.29 is 4.74 Å². The van der Waals surface area contributed by atoms with E-state index >= 15 is 0 Å². The Morgan fingerprint density at radius 2 is 2.21 bits per heavy atom. The van der Waals surface area contributed by atoms with Crippen LogP contribution in [0, 0.1) is 6.92 Å². The highest BCUT2D eigenvalue weighted by Crippen LogP contribution is 2.25. The Morgan fingerprint density at radius 1 is 1.42 bits per heavy atom. The number of morpholine rings is 1. The molecule has 1 unspecified atom stereocenters. The van der Waals surface area contributed by atoms with E-state index in [0.717, 1.165) is 44.9 Å². The first kappa shape index (κ1) is 14.3. The number of hydrogen-bond acceptors (Lipinski definition) is 4. The molecule has 2 heterocycles.